The molecular weight excluding hydrogens is 520 g/mol. The molecule has 8 nitrogen and oxygen atoms in total. The molecule has 4 atom stereocenters. The monoisotopic (exact) mass is 544 g/mol. The second kappa shape index (κ2) is 9.52. The summed E-state index contributed by atoms with van der Waals surface area (Å²) in [5.41, 5.74) is 2.56. The van der Waals surface area contributed by atoms with Crippen LogP contribution in [0.25, 0.3) is 22.2 Å². The highest BCUT2D eigenvalue weighted by Gasteiger charge is 2.59. The maximum absolute atomic E-state index is 13.2. The highest BCUT2D eigenvalue weighted by Crippen LogP contribution is 2.53. The zero-order chi connectivity index (χ0) is 28.2. The molecule has 1 aromatic heterocycles. The van der Waals surface area contributed by atoms with E-state index in [1.54, 1.807) is 60.7 Å². The number of aromatic nitrogens is 1. The van der Waals surface area contributed by atoms with E-state index >= 15 is 0 Å². The third-order valence-corrected chi connectivity index (χ3v) is 8.37. The van der Waals surface area contributed by atoms with Crippen molar-refractivity contribution in [2.75, 3.05) is 11.5 Å². The molecule has 202 valence electrons. The number of fused-ring (bicyclic) bond motifs is 6. The number of rotatable bonds is 6. The molecule has 7 rings (SSSR count). The van der Waals surface area contributed by atoms with Gasteiger partial charge in [-0.3, -0.25) is 19.3 Å². The van der Waals surface area contributed by atoms with Gasteiger partial charge in [0.05, 0.1) is 39.9 Å². The van der Waals surface area contributed by atoms with Crippen molar-refractivity contribution < 1.29 is 29.0 Å². The van der Waals surface area contributed by atoms with E-state index in [1.165, 1.54) is 17.0 Å². The minimum atomic E-state index is -0.701. The number of anilines is 1. The van der Waals surface area contributed by atoms with Crippen molar-refractivity contribution in [2.24, 2.45) is 23.7 Å². The lowest BCUT2D eigenvalue weighted by molar-refractivity contribution is -0.123. The number of ether oxygens (including phenoxy) is 1. The molecule has 2 bridgehead atoms. The number of carbonyl (C=O) groups is 4. The van der Waals surface area contributed by atoms with Gasteiger partial charge in [0.15, 0.2) is 6.61 Å². The van der Waals surface area contributed by atoms with E-state index in [2.05, 4.69) is 12.2 Å². The van der Waals surface area contributed by atoms with Gasteiger partial charge in [0, 0.05) is 10.9 Å². The first-order chi connectivity index (χ1) is 19.9. The minimum absolute atomic E-state index is 0.0724. The first-order valence-corrected chi connectivity index (χ1v) is 13.5. The quantitative estimate of drug-likeness (QED) is 0.158. The zero-order valence-electron chi connectivity index (χ0n) is 21.8. The third-order valence-electron chi connectivity index (χ3n) is 8.37. The van der Waals surface area contributed by atoms with Crippen molar-refractivity contribution in [1.82, 2.24) is 4.98 Å². The lowest BCUT2D eigenvalue weighted by Gasteiger charge is -2.17. The Morgan fingerprint density at radius 1 is 0.854 bits per heavy atom. The maximum Gasteiger partial charge on any atom is 0.339 e. The molecule has 4 aromatic rings. The number of imide groups is 1. The Hall–Kier alpha value is -5.11. The second-order valence-electron chi connectivity index (χ2n) is 10.6. The van der Waals surface area contributed by atoms with E-state index in [-0.39, 0.29) is 52.4 Å². The zero-order valence-corrected chi connectivity index (χ0v) is 21.8. The van der Waals surface area contributed by atoms with Crippen molar-refractivity contribution in [1.29, 1.82) is 0 Å². The third kappa shape index (κ3) is 4.02. The highest BCUT2D eigenvalue weighted by atomic mass is 16.5. The fourth-order valence-corrected chi connectivity index (χ4v) is 6.43. The van der Waals surface area contributed by atoms with Crippen LogP contribution in [-0.2, 0) is 14.3 Å². The van der Waals surface area contributed by atoms with Gasteiger partial charge in [-0.25, -0.2) is 9.78 Å². The number of Topliss-reactive ketones (excluding diaryl/α,β-unsaturated/α-hetero) is 1. The number of allylic oxidation sites excluding steroid dienone is 2. The van der Waals surface area contributed by atoms with Crippen molar-refractivity contribution in [3.8, 4) is 17.0 Å². The van der Waals surface area contributed by atoms with Gasteiger partial charge in [0.1, 0.15) is 5.75 Å². The van der Waals surface area contributed by atoms with Crippen LogP contribution in [-0.4, -0.2) is 40.3 Å². The summed E-state index contributed by atoms with van der Waals surface area (Å²) in [5.74, 6) is -1.96. The number of aromatic hydroxyl groups is 1. The van der Waals surface area contributed by atoms with Crippen LogP contribution in [0.2, 0.25) is 0 Å². The topological polar surface area (TPSA) is 114 Å². The molecule has 0 radical (unpaired) electrons. The van der Waals surface area contributed by atoms with Gasteiger partial charge in [-0.2, -0.15) is 0 Å². The number of para-hydroxylation sites is 2. The Morgan fingerprint density at radius 3 is 2.22 bits per heavy atom. The average molecular weight is 545 g/mol. The highest BCUT2D eigenvalue weighted by molar-refractivity contribution is 6.22. The van der Waals surface area contributed by atoms with Gasteiger partial charge in [-0.15, -0.1) is 0 Å². The second-order valence-corrected chi connectivity index (χ2v) is 10.6. The van der Waals surface area contributed by atoms with E-state index in [1.807, 2.05) is 6.07 Å². The summed E-state index contributed by atoms with van der Waals surface area (Å²) < 4.78 is 5.35. The number of benzene rings is 3. The number of pyridine rings is 1. The summed E-state index contributed by atoms with van der Waals surface area (Å²) in [6, 6.07) is 21.8. The molecule has 1 saturated heterocycles. The van der Waals surface area contributed by atoms with Crippen molar-refractivity contribution in [2.45, 2.75) is 6.42 Å². The summed E-state index contributed by atoms with van der Waals surface area (Å²) in [5, 5.41) is 10.5. The van der Waals surface area contributed by atoms with Crippen LogP contribution >= 0.6 is 0 Å². The van der Waals surface area contributed by atoms with Crippen LogP contribution in [0.5, 0.6) is 5.75 Å². The molecule has 3 aromatic carbocycles. The van der Waals surface area contributed by atoms with Gasteiger partial charge < -0.3 is 9.84 Å². The number of hydrogen-bond acceptors (Lipinski definition) is 7. The summed E-state index contributed by atoms with van der Waals surface area (Å²) in [6.45, 7) is -0.534. The van der Waals surface area contributed by atoms with Crippen molar-refractivity contribution in [3.63, 3.8) is 0 Å². The number of hydrogen-bond donors (Lipinski definition) is 1. The molecule has 3 aliphatic rings. The number of esters is 1. The number of phenols is 1. The number of ketones is 1. The molecule has 1 saturated carbocycles. The number of nitrogens with zero attached hydrogens (tertiary/aromatic N) is 2. The van der Waals surface area contributed by atoms with Crippen LogP contribution in [0, 0.1) is 23.7 Å². The van der Waals surface area contributed by atoms with E-state index in [0.717, 1.165) is 6.42 Å². The van der Waals surface area contributed by atoms with Gasteiger partial charge in [0.2, 0.25) is 17.6 Å². The van der Waals surface area contributed by atoms with Crippen molar-refractivity contribution >= 4 is 40.2 Å². The van der Waals surface area contributed by atoms with E-state index in [9.17, 15) is 24.3 Å². The van der Waals surface area contributed by atoms with E-state index in [0.29, 0.717) is 27.8 Å². The van der Waals surface area contributed by atoms with E-state index < -0.39 is 18.4 Å². The molecule has 8 heteroatoms. The molecule has 2 amide bonds. The fourth-order valence-electron chi connectivity index (χ4n) is 6.43. The maximum atomic E-state index is 13.2. The fraction of sp³-hybridized carbons (Fsp3) is 0.182. The summed E-state index contributed by atoms with van der Waals surface area (Å²) in [6.07, 6.45) is 5.01. The molecule has 4 unspecified atom stereocenters. The van der Waals surface area contributed by atoms with Gasteiger partial charge >= 0.3 is 5.97 Å². The Labute approximate surface area is 234 Å². The van der Waals surface area contributed by atoms with Crippen LogP contribution in [0.3, 0.4) is 0 Å². The predicted octanol–water partition coefficient (Wildman–Crippen LogP) is 4.96. The van der Waals surface area contributed by atoms with Gasteiger partial charge in [-0.1, -0.05) is 54.6 Å². The predicted molar refractivity (Wildman–Crippen MR) is 150 cm³/mol. The number of carbonyl (C=O) groups excluding carboxylic acids is 4. The Kier molecular flexibility index (Phi) is 5.78. The molecular formula is C33H24N2O6. The summed E-state index contributed by atoms with van der Waals surface area (Å²) in [4.78, 5) is 58.1. The molecule has 2 aliphatic carbocycles. The van der Waals surface area contributed by atoms with Crippen LogP contribution in [0.1, 0.15) is 27.1 Å². The standard InChI is InChI=1S/C33H24N2O6/c36-27-8-4-2-6-23(27)28(37)17-41-33(40)24-16-26(34-25-7-3-1-5-22(24)25)18-11-13-21(14-12-18)35-31(38)29-19-9-10-20(15-19)30(29)32(35)39/h1-14,16,19-20,29-30,36H,15,17H2. The summed E-state index contributed by atoms with van der Waals surface area (Å²) in [7, 11) is 0. The van der Waals surface area contributed by atoms with Crippen LogP contribution < -0.4 is 4.90 Å². The average Bonchev–Trinajstić information content (AvgIpc) is 3.69. The number of phenolic OH excluding ortho intramolecular Hbond substituents is 1. The summed E-state index contributed by atoms with van der Waals surface area (Å²) >= 11 is 0. The molecule has 1 aliphatic heterocycles. The molecule has 0 spiro atoms. The largest absolute Gasteiger partial charge is 0.507 e. The number of amides is 2. The lowest BCUT2D eigenvalue weighted by Crippen LogP contribution is -2.32. The first kappa shape index (κ1) is 24.9. The molecule has 2 heterocycles. The van der Waals surface area contributed by atoms with Gasteiger partial charge in [-0.05, 0) is 54.7 Å². The Morgan fingerprint density at radius 2 is 1.51 bits per heavy atom. The van der Waals surface area contributed by atoms with Crippen molar-refractivity contribution in [3.05, 3.63) is 102 Å². The smallest absolute Gasteiger partial charge is 0.339 e. The lowest BCUT2D eigenvalue weighted by atomic mass is 9.85. The normalized spacial score (nSPS) is 22.4. The van der Waals surface area contributed by atoms with E-state index in [4.69, 9.17) is 9.72 Å². The van der Waals surface area contributed by atoms with Crippen LogP contribution in [0.4, 0.5) is 5.69 Å². The first-order valence-electron chi connectivity index (χ1n) is 13.5. The SMILES string of the molecule is O=C(COC(=O)c1cc(-c2ccc(N3C(=O)C4C5C=CC(C5)C4C3=O)cc2)nc2ccccc12)c1ccccc1O. The van der Waals surface area contributed by atoms with Crippen LogP contribution in [0.15, 0.2) is 91.0 Å². The molecule has 41 heavy (non-hydrogen) atoms. The Balaban J connectivity index is 1.15. The molecule has 2 fully saturated rings. The van der Waals surface area contributed by atoms with Gasteiger partial charge in [0.25, 0.3) is 0 Å². The minimum Gasteiger partial charge on any atom is -0.507 e. The Bertz CT molecular complexity index is 1760. The molecule has 1 N–H and O–H groups in total.